The summed E-state index contributed by atoms with van der Waals surface area (Å²) >= 11 is 0. The molecule has 0 radical (unpaired) electrons. The molecule has 2 aromatic rings. The first-order valence-electron chi connectivity index (χ1n) is 9.05. The number of anilines is 1. The van der Waals surface area contributed by atoms with Gasteiger partial charge in [0, 0.05) is 24.3 Å². The highest BCUT2D eigenvalue weighted by atomic mass is 19.1. The second-order valence-corrected chi connectivity index (χ2v) is 6.97. The molecule has 138 valence electrons. The highest BCUT2D eigenvalue weighted by molar-refractivity contribution is 5.89. The molecule has 1 N–H and O–H groups in total. The third kappa shape index (κ3) is 3.27. The lowest BCUT2D eigenvalue weighted by molar-refractivity contribution is 0.203. The molecule has 0 spiro atoms. The van der Waals surface area contributed by atoms with Gasteiger partial charge in [0.15, 0.2) is 5.82 Å². The summed E-state index contributed by atoms with van der Waals surface area (Å²) in [6.45, 7) is 0.575. The highest BCUT2D eigenvalue weighted by Gasteiger charge is 2.35. The van der Waals surface area contributed by atoms with Gasteiger partial charge in [-0.2, -0.15) is 0 Å². The number of likely N-dealkylation sites (tertiary alicyclic amines) is 1. The number of aromatic nitrogens is 3. The molecular formula is C18H21F2N5O. The van der Waals surface area contributed by atoms with Crippen molar-refractivity contribution in [2.45, 2.75) is 50.6 Å². The summed E-state index contributed by atoms with van der Waals surface area (Å²) in [5.41, 5.74) is 0.107. The number of amides is 2. The number of nitrogens with one attached hydrogen (secondary N) is 1. The van der Waals surface area contributed by atoms with Crippen molar-refractivity contribution in [1.82, 2.24) is 19.7 Å². The molecule has 1 saturated heterocycles. The van der Waals surface area contributed by atoms with Crippen LogP contribution in [0.25, 0.3) is 0 Å². The Balaban J connectivity index is 1.53. The van der Waals surface area contributed by atoms with Crippen molar-refractivity contribution >= 4 is 11.7 Å². The van der Waals surface area contributed by atoms with E-state index < -0.39 is 11.6 Å². The second-order valence-electron chi connectivity index (χ2n) is 6.97. The normalized spacial score (nSPS) is 20.7. The predicted octanol–water partition coefficient (Wildman–Crippen LogP) is 4.04. The van der Waals surface area contributed by atoms with Crippen molar-refractivity contribution in [3.63, 3.8) is 0 Å². The largest absolute Gasteiger partial charge is 0.322 e. The van der Waals surface area contributed by atoms with Gasteiger partial charge in [-0.15, -0.1) is 10.2 Å². The summed E-state index contributed by atoms with van der Waals surface area (Å²) < 4.78 is 28.8. The zero-order valence-electron chi connectivity index (χ0n) is 14.4. The molecule has 1 unspecified atom stereocenters. The predicted molar refractivity (Wildman–Crippen MR) is 91.6 cm³/mol. The highest BCUT2D eigenvalue weighted by Crippen LogP contribution is 2.36. The van der Waals surface area contributed by atoms with E-state index in [1.807, 2.05) is 0 Å². The molecule has 2 amide bonds. The Bertz CT molecular complexity index is 782. The average Bonchev–Trinajstić information content (AvgIpc) is 3.33. The maximum Gasteiger partial charge on any atom is 0.322 e. The Morgan fingerprint density at radius 2 is 1.81 bits per heavy atom. The first-order chi connectivity index (χ1) is 12.6. The van der Waals surface area contributed by atoms with Gasteiger partial charge in [-0.3, -0.25) is 0 Å². The van der Waals surface area contributed by atoms with Crippen molar-refractivity contribution in [2.75, 3.05) is 11.9 Å². The molecule has 1 atom stereocenters. The minimum Gasteiger partial charge on any atom is -0.314 e. The quantitative estimate of drug-likeness (QED) is 0.897. The monoisotopic (exact) mass is 361 g/mol. The third-order valence-electron chi connectivity index (χ3n) is 5.24. The molecule has 6 nitrogen and oxygen atoms in total. The van der Waals surface area contributed by atoms with Crippen LogP contribution in [-0.4, -0.2) is 32.2 Å². The second kappa shape index (κ2) is 7.01. The Hall–Kier alpha value is -2.51. The molecule has 1 aromatic heterocycles. The van der Waals surface area contributed by atoms with Crippen molar-refractivity contribution in [2.24, 2.45) is 0 Å². The fourth-order valence-corrected chi connectivity index (χ4v) is 4.05. The molecule has 1 aliphatic heterocycles. The van der Waals surface area contributed by atoms with E-state index in [2.05, 4.69) is 20.1 Å². The van der Waals surface area contributed by atoms with Crippen LogP contribution in [0.1, 0.15) is 56.4 Å². The average molecular weight is 361 g/mol. The van der Waals surface area contributed by atoms with Gasteiger partial charge < -0.3 is 14.8 Å². The zero-order chi connectivity index (χ0) is 18.1. The van der Waals surface area contributed by atoms with E-state index in [9.17, 15) is 13.6 Å². The van der Waals surface area contributed by atoms with Gasteiger partial charge in [-0.05, 0) is 37.8 Å². The Morgan fingerprint density at radius 1 is 1.08 bits per heavy atom. The van der Waals surface area contributed by atoms with Crippen molar-refractivity contribution in [3.8, 4) is 0 Å². The van der Waals surface area contributed by atoms with Crippen LogP contribution in [0, 0.1) is 11.6 Å². The van der Waals surface area contributed by atoms with Crippen LogP contribution in [-0.2, 0) is 0 Å². The van der Waals surface area contributed by atoms with Gasteiger partial charge >= 0.3 is 6.03 Å². The lowest BCUT2D eigenvalue weighted by Gasteiger charge is -2.26. The van der Waals surface area contributed by atoms with E-state index in [1.54, 1.807) is 11.2 Å². The molecule has 0 bridgehead atoms. The number of benzene rings is 1. The van der Waals surface area contributed by atoms with Crippen LogP contribution in [0.5, 0.6) is 0 Å². The lowest BCUT2D eigenvalue weighted by Crippen LogP contribution is -2.35. The summed E-state index contributed by atoms with van der Waals surface area (Å²) in [6, 6.07) is 2.83. The summed E-state index contributed by atoms with van der Waals surface area (Å²) in [5.74, 6) is -0.645. The van der Waals surface area contributed by atoms with E-state index in [0.29, 0.717) is 12.6 Å². The number of hydrogen-bond acceptors (Lipinski definition) is 3. The van der Waals surface area contributed by atoms with E-state index in [1.165, 1.54) is 12.8 Å². The number of carbonyl (C=O) groups is 1. The summed E-state index contributed by atoms with van der Waals surface area (Å²) in [4.78, 5) is 14.4. The van der Waals surface area contributed by atoms with Crippen LogP contribution in [0.15, 0.2) is 24.5 Å². The molecule has 1 aromatic carbocycles. The fraction of sp³-hybridized carbons (Fsp3) is 0.500. The molecule has 2 heterocycles. The Morgan fingerprint density at radius 3 is 2.54 bits per heavy atom. The van der Waals surface area contributed by atoms with Crippen LogP contribution in [0.2, 0.25) is 0 Å². The fourth-order valence-electron chi connectivity index (χ4n) is 4.05. The zero-order valence-corrected chi connectivity index (χ0v) is 14.4. The van der Waals surface area contributed by atoms with Gasteiger partial charge in [-0.1, -0.05) is 12.8 Å². The molecule has 26 heavy (non-hydrogen) atoms. The van der Waals surface area contributed by atoms with Gasteiger partial charge in [0.05, 0.1) is 6.04 Å². The van der Waals surface area contributed by atoms with Gasteiger partial charge in [-0.25, -0.2) is 13.6 Å². The van der Waals surface area contributed by atoms with Crippen LogP contribution >= 0.6 is 0 Å². The molecule has 2 fully saturated rings. The van der Waals surface area contributed by atoms with Crippen LogP contribution < -0.4 is 5.32 Å². The minimum absolute atomic E-state index is 0.107. The van der Waals surface area contributed by atoms with Crippen molar-refractivity contribution in [1.29, 1.82) is 0 Å². The van der Waals surface area contributed by atoms with E-state index in [4.69, 9.17) is 0 Å². The first kappa shape index (κ1) is 16.9. The van der Waals surface area contributed by atoms with E-state index in [0.717, 1.165) is 49.7 Å². The van der Waals surface area contributed by atoms with Crippen LogP contribution in [0.3, 0.4) is 0 Å². The lowest BCUT2D eigenvalue weighted by atomic mass is 10.2. The molecule has 8 heteroatoms. The maximum atomic E-state index is 13.4. The van der Waals surface area contributed by atoms with Crippen LogP contribution in [0.4, 0.5) is 19.3 Å². The standard InChI is InChI=1S/C18H21F2N5O/c19-12-8-13(20)10-14(9-12)22-18(26)24-7-3-6-16(24)17-23-21-11-25(17)15-4-1-2-5-15/h8-11,15-16H,1-7H2,(H,22,26). The number of hydrogen-bond donors (Lipinski definition) is 1. The minimum atomic E-state index is -0.723. The number of halogens is 2. The topological polar surface area (TPSA) is 63.1 Å². The molecular weight excluding hydrogens is 340 g/mol. The number of rotatable bonds is 3. The summed E-state index contributed by atoms with van der Waals surface area (Å²) in [6.07, 6.45) is 8.01. The maximum absolute atomic E-state index is 13.4. The molecule has 1 saturated carbocycles. The molecule has 2 aliphatic rings. The Labute approximate surface area is 150 Å². The number of nitrogens with zero attached hydrogens (tertiary/aromatic N) is 4. The first-order valence-corrected chi connectivity index (χ1v) is 9.05. The smallest absolute Gasteiger partial charge is 0.314 e. The van der Waals surface area contributed by atoms with Crippen molar-refractivity contribution in [3.05, 3.63) is 42.0 Å². The van der Waals surface area contributed by atoms with Crippen molar-refractivity contribution < 1.29 is 13.6 Å². The van der Waals surface area contributed by atoms with E-state index >= 15 is 0 Å². The molecule has 1 aliphatic carbocycles. The third-order valence-corrected chi connectivity index (χ3v) is 5.24. The van der Waals surface area contributed by atoms with Gasteiger partial charge in [0.25, 0.3) is 0 Å². The van der Waals surface area contributed by atoms with Gasteiger partial charge in [0.2, 0.25) is 0 Å². The van der Waals surface area contributed by atoms with E-state index in [-0.39, 0.29) is 17.8 Å². The number of urea groups is 1. The Kier molecular flexibility index (Phi) is 4.57. The summed E-state index contributed by atoms with van der Waals surface area (Å²) in [5, 5.41) is 10.9. The SMILES string of the molecule is O=C(Nc1cc(F)cc(F)c1)N1CCCC1c1nncn1C1CCCC1. The number of carbonyl (C=O) groups excluding carboxylic acids is 1. The molecule has 4 rings (SSSR count). The van der Waals surface area contributed by atoms with Gasteiger partial charge in [0.1, 0.15) is 18.0 Å². The summed E-state index contributed by atoms with van der Waals surface area (Å²) in [7, 11) is 0.